The predicted molar refractivity (Wildman–Crippen MR) is 63.5 cm³/mol. The second-order valence-electron chi connectivity index (χ2n) is 5.77. The highest BCUT2D eigenvalue weighted by Gasteiger charge is 2.40. The largest absolute Gasteiger partial charge is 0.481 e. The Labute approximate surface area is 102 Å². The smallest absolute Gasteiger partial charge is 0.306 e. The molecule has 0 unspecified atom stereocenters. The van der Waals surface area contributed by atoms with Crippen LogP contribution in [-0.2, 0) is 9.59 Å². The fourth-order valence-electron chi connectivity index (χ4n) is 2.78. The fraction of sp³-hybridized carbons (Fsp3) is 0.846. The first-order chi connectivity index (χ1) is 8.01. The molecule has 2 aliphatic rings. The highest BCUT2D eigenvalue weighted by molar-refractivity contribution is 5.83. The first kappa shape index (κ1) is 12.4. The number of rotatable bonds is 3. The van der Waals surface area contributed by atoms with Crippen LogP contribution in [0.25, 0.3) is 0 Å². The minimum atomic E-state index is -0.694. The Bertz CT molecular complexity index is 315. The number of hydrogen-bond acceptors (Lipinski definition) is 2. The third kappa shape index (κ3) is 2.61. The van der Waals surface area contributed by atoms with Gasteiger partial charge in [0.2, 0.25) is 5.91 Å². The van der Waals surface area contributed by atoms with Crippen LogP contribution in [0.2, 0.25) is 0 Å². The zero-order valence-electron chi connectivity index (χ0n) is 10.4. The Morgan fingerprint density at radius 1 is 1.18 bits per heavy atom. The number of hydrogen-bond donors (Lipinski definition) is 2. The lowest BCUT2D eigenvalue weighted by atomic mass is 9.69. The third-order valence-electron chi connectivity index (χ3n) is 4.42. The van der Waals surface area contributed by atoms with Crippen molar-refractivity contribution in [1.82, 2.24) is 5.32 Å². The number of carbonyl (C=O) groups is 2. The SMILES string of the molecule is CC1(C(=O)NC2CCC(C(=O)O)CC2)CCC1. The second-order valence-corrected chi connectivity index (χ2v) is 5.77. The molecule has 2 N–H and O–H groups in total. The Morgan fingerprint density at radius 3 is 2.18 bits per heavy atom. The van der Waals surface area contributed by atoms with Crippen molar-refractivity contribution in [2.75, 3.05) is 0 Å². The molecule has 4 heteroatoms. The van der Waals surface area contributed by atoms with Crippen molar-refractivity contribution in [2.24, 2.45) is 11.3 Å². The Balaban J connectivity index is 1.78. The third-order valence-corrected chi connectivity index (χ3v) is 4.42. The van der Waals surface area contributed by atoms with E-state index in [-0.39, 0.29) is 23.3 Å². The molecular weight excluding hydrogens is 218 g/mol. The minimum absolute atomic E-state index is 0.149. The van der Waals surface area contributed by atoms with Gasteiger partial charge in [-0.2, -0.15) is 0 Å². The van der Waals surface area contributed by atoms with E-state index in [1.54, 1.807) is 0 Å². The summed E-state index contributed by atoms with van der Waals surface area (Å²) in [5, 5.41) is 12.0. The summed E-state index contributed by atoms with van der Waals surface area (Å²) in [7, 11) is 0. The topological polar surface area (TPSA) is 66.4 Å². The van der Waals surface area contributed by atoms with Gasteiger partial charge in [0.05, 0.1) is 5.92 Å². The Hall–Kier alpha value is -1.06. The van der Waals surface area contributed by atoms with E-state index in [1.165, 1.54) is 0 Å². The molecular formula is C13H21NO3. The molecule has 0 aromatic rings. The van der Waals surface area contributed by atoms with E-state index < -0.39 is 5.97 Å². The molecule has 0 radical (unpaired) electrons. The summed E-state index contributed by atoms with van der Waals surface area (Å²) in [5.41, 5.74) is -0.149. The van der Waals surface area contributed by atoms with Gasteiger partial charge in [0.15, 0.2) is 0 Å². The maximum absolute atomic E-state index is 12.0. The van der Waals surface area contributed by atoms with Crippen LogP contribution in [0.4, 0.5) is 0 Å². The van der Waals surface area contributed by atoms with Crippen LogP contribution in [0.5, 0.6) is 0 Å². The quantitative estimate of drug-likeness (QED) is 0.791. The lowest BCUT2D eigenvalue weighted by Crippen LogP contribution is -2.48. The Kier molecular flexibility index (Phi) is 3.40. The highest BCUT2D eigenvalue weighted by Crippen LogP contribution is 2.40. The van der Waals surface area contributed by atoms with E-state index in [4.69, 9.17) is 5.11 Å². The summed E-state index contributed by atoms with van der Waals surface area (Å²) in [6, 6.07) is 0.190. The van der Waals surface area contributed by atoms with Gasteiger partial charge in [-0.25, -0.2) is 0 Å². The molecule has 1 amide bonds. The molecule has 4 nitrogen and oxygen atoms in total. The van der Waals surface area contributed by atoms with Crippen LogP contribution >= 0.6 is 0 Å². The highest BCUT2D eigenvalue weighted by atomic mass is 16.4. The molecule has 2 saturated carbocycles. The average molecular weight is 239 g/mol. The molecule has 0 aromatic heterocycles. The summed E-state index contributed by atoms with van der Waals surface area (Å²) in [5.74, 6) is -0.731. The Morgan fingerprint density at radius 2 is 1.76 bits per heavy atom. The van der Waals surface area contributed by atoms with E-state index >= 15 is 0 Å². The van der Waals surface area contributed by atoms with Gasteiger partial charge in [0.1, 0.15) is 0 Å². The molecule has 17 heavy (non-hydrogen) atoms. The maximum atomic E-state index is 12.0. The summed E-state index contributed by atoms with van der Waals surface area (Å²) >= 11 is 0. The van der Waals surface area contributed by atoms with Crippen molar-refractivity contribution >= 4 is 11.9 Å². The van der Waals surface area contributed by atoms with Gasteiger partial charge in [0.25, 0.3) is 0 Å². The minimum Gasteiger partial charge on any atom is -0.481 e. The number of carboxylic acids is 1. The normalized spacial score (nSPS) is 31.4. The molecule has 2 rings (SSSR count). The number of nitrogens with one attached hydrogen (secondary N) is 1. The first-order valence-corrected chi connectivity index (χ1v) is 6.55. The first-order valence-electron chi connectivity index (χ1n) is 6.55. The van der Waals surface area contributed by atoms with Gasteiger partial charge in [0, 0.05) is 11.5 Å². The lowest BCUT2D eigenvalue weighted by molar-refractivity contribution is -0.143. The van der Waals surface area contributed by atoms with Gasteiger partial charge >= 0.3 is 5.97 Å². The number of carboxylic acid groups (broad SMARTS) is 1. The fourth-order valence-corrected chi connectivity index (χ4v) is 2.78. The zero-order valence-corrected chi connectivity index (χ0v) is 10.4. The van der Waals surface area contributed by atoms with Gasteiger partial charge in [-0.3, -0.25) is 9.59 Å². The van der Waals surface area contributed by atoms with Crippen LogP contribution in [0, 0.1) is 11.3 Å². The molecule has 0 spiro atoms. The van der Waals surface area contributed by atoms with E-state index in [0.717, 1.165) is 32.1 Å². The van der Waals surface area contributed by atoms with E-state index in [1.807, 2.05) is 6.92 Å². The van der Waals surface area contributed by atoms with Gasteiger partial charge in [-0.15, -0.1) is 0 Å². The molecule has 2 fully saturated rings. The van der Waals surface area contributed by atoms with Crippen LogP contribution < -0.4 is 5.32 Å². The molecule has 0 bridgehead atoms. The van der Waals surface area contributed by atoms with Crippen molar-refractivity contribution in [3.05, 3.63) is 0 Å². The van der Waals surface area contributed by atoms with Crippen molar-refractivity contribution in [2.45, 2.75) is 57.9 Å². The number of aliphatic carboxylic acids is 1. The van der Waals surface area contributed by atoms with E-state index in [9.17, 15) is 9.59 Å². The van der Waals surface area contributed by atoms with Crippen molar-refractivity contribution < 1.29 is 14.7 Å². The number of carbonyl (C=O) groups excluding carboxylic acids is 1. The summed E-state index contributed by atoms with van der Waals surface area (Å²) in [6.45, 7) is 2.02. The monoisotopic (exact) mass is 239 g/mol. The summed E-state index contributed by atoms with van der Waals surface area (Å²) in [6.07, 6.45) is 6.12. The molecule has 0 atom stereocenters. The summed E-state index contributed by atoms with van der Waals surface area (Å²) in [4.78, 5) is 22.8. The van der Waals surface area contributed by atoms with Crippen molar-refractivity contribution in [1.29, 1.82) is 0 Å². The van der Waals surface area contributed by atoms with Crippen LogP contribution in [-0.4, -0.2) is 23.0 Å². The van der Waals surface area contributed by atoms with Crippen molar-refractivity contribution in [3.8, 4) is 0 Å². The van der Waals surface area contributed by atoms with Crippen LogP contribution in [0.1, 0.15) is 51.9 Å². The predicted octanol–water partition coefficient (Wildman–Crippen LogP) is 1.94. The molecule has 0 aromatic carbocycles. The molecule has 2 aliphatic carbocycles. The zero-order chi connectivity index (χ0) is 12.5. The summed E-state index contributed by atoms with van der Waals surface area (Å²) < 4.78 is 0. The van der Waals surface area contributed by atoms with Crippen molar-refractivity contribution in [3.63, 3.8) is 0 Å². The lowest BCUT2D eigenvalue weighted by Gasteiger charge is -2.38. The standard InChI is InChI=1S/C13H21NO3/c1-13(7-2-8-13)12(17)14-10-5-3-9(4-6-10)11(15)16/h9-10H,2-8H2,1H3,(H,14,17)(H,15,16). The number of amides is 1. The average Bonchev–Trinajstić information content (AvgIpc) is 2.26. The maximum Gasteiger partial charge on any atom is 0.306 e. The van der Waals surface area contributed by atoms with E-state index in [0.29, 0.717) is 12.8 Å². The van der Waals surface area contributed by atoms with Gasteiger partial charge in [-0.1, -0.05) is 13.3 Å². The molecule has 0 saturated heterocycles. The van der Waals surface area contributed by atoms with Gasteiger partial charge < -0.3 is 10.4 Å². The van der Waals surface area contributed by atoms with E-state index in [2.05, 4.69) is 5.32 Å². The van der Waals surface area contributed by atoms with Gasteiger partial charge in [-0.05, 0) is 38.5 Å². The second kappa shape index (κ2) is 4.67. The van der Waals surface area contributed by atoms with Crippen LogP contribution in [0.15, 0.2) is 0 Å². The molecule has 0 aliphatic heterocycles. The molecule has 96 valence electrons. The molecule has 0 heterocycles. The van der Waals surface area contributed by atoms with Crippen LogP contribution in [0.3, 0.4) is 0 Å².